The van der Waals surface area contributed by atoms with E-state index in [4.69, 9.17) is 4.74 Å². The molecule has 2 aromatic rings. The molecule has 0 saturated carbocycles. The average Bonchev–Trinajstić information content (AvgIpc) is 3.23. The van der Waals surface area contributed by atoms with Gasteiger partial charge >= 0.3 is 0 Å². The molecule has 7 nitrogen and oxygen atoms in total. The summed E-state index contributed by atoms with van der Waals surface area (Å²) in [6, 6.07) is 14.4. The Labute approximate surface area is 176 Å². The molecular weight excluding hydrogens is 402 g/mol. The number of likely N-dealkylation sites (N-methyl/N-ethyl adjacent to an activating group) is 1. The molecule has 1 amide bonds. The third kappa shape index (κ3) is 4.06. The van der Waals surface area contributed by atoms with Crippen LogP contribution in [0.1, 0.15) is 18.9 Å². The topological polar surface area (TPSA) is 87.7 Å². The number of hydrogen-bond donors (Lipinski definition) is 2. The summed E-state index contributed by atoms with van der Waals surface area (Å²) < 4.78 is 32.9. The molecule has 1 fully saturated rings. The van der Waals surface area contributed by atoms with Gasteiger partial charge in [-0.1, -0.05) is 18.2 Å². The van der Waals surface area contributed by atoms with Crippen LogP contribution in [0.5, 0.6) is 11.5 Å². The lowest BCUT2D eigenvalue weighted by atomic mass is 9.84. The number of carbonyl (C=O) groups is 1. The molecule has 8 heteroatoms. The van der Waals surface area contributed by atoms with Crippen LogP contribution in [0.3, 0.4) is 0 Å². The fourth-order valence-corrected chi connectivity index (χ4v) is 4.56. The second-order valence-electron chi connectivity index (χ2n) is 7.49. The van der Waals surface area contributed by atoms with E-state index in [-0.39, 0.29) is 23.6 Å². The monoisotopic (exact) mass is 427 g/mol. The first kappa shape index (κ1) is 20.4. The van der Waals surface area contributed by atoms with Gasteiger partial charge in [-0.2, -0.15) is 0 Å². The van der Waals surface area contributed by atoms with Crippen molar-refractivity contribution in [3.8, 4) is 11.5 Å². The van der Waals surface area contributed by atoms with E-state index < -0.39 is 10.0 Å². The number of anilines is 1. The molecule has 2 heterocycles. The molecule has 2 aliphatic heterocycles. The minimum atomic E-state index is -3.42. The van der Waals surface area contributed by atoms with Gasteiger partial charge in [0.15, 0.2) is 0 Å². The van der Waals surface area contributed by atoms with Crippen LogP contribution in [-0.2, 0) is 14.8 Å². The van der Waals surface area contributed by atoms with Crippen LogP contribution in [0, 0.1) is 5.92 Å². The maximum Gasteiger partial charge on any atom is 0.244 e. The van der Waals surface area contributed by atoms with Gasteiger partial charge in [0.05, 0.1) is 11.8 Å². The number of para-hydroxylation sites is 1. The van der Waals surface area contributed by atoms with Gasteiger partial charge in [-0.05, 0) is 55.8 Å². The quantitative estimate of drug-likeness (QED) is 0.740. The summed E-state index contributed by atoms with van der Waals surface area (Å²) in [5.74, 6) is 1.32. The zero-order chi connectivity index (χ0) is 21.3. The normalized spacial score (nSPS) is 21.2. The summed E-state index contributed by atoms with van der Waals surface area (Å²) in [4.78, 5) is 14.1. The van der Waals surface area contributed by atoms with Crippen molar-refractivity contribution in [1.82, 2.24) is 10.2 Å². The highest BCUT2D eigenvalue weighted by Gasteiger charge is 2.41. The van der Waals surface area contributed by atoms with Crippen LogP contribution in [0.2, 0.25) is 0 Å². The maximum atomic E-state index is 12.5. The molecule has 0 spiro atoms. The number of nitrogens with one attached hydrogen (secondary N) is 2. The lowest BCUT2D eigenvalue weighted by molar-refractivity contribution is -0.130. The Morgan fingerprint density at radius 2 is 1.97 bits per heavy atom. The van der Waals surface area contributed by atoms with Crippen molar-refractivity contribution in [2.24, 2.45) is 5.92 Å². The summed E-state index contributed by atoms with van der Waals surface area (Å²) >= 11 is 0. The lowest BCUT2D eigenvalue weighted by Crippen LogP contribution is -2.46. The van der Waals surface area contributed by atoms with E-state index in [2.05, 4.69) is 10.0 Å². The Morgan fingerprint density at radius 1 is 1.20 bits per heavy atom. The molecular formula is C22H25N3O4S. The van der Waals surface area contributed by atoms with E-state index >= 15 is 0 Å². The fraction of sp³-hybridized carbons (Fsp3) is 0.318. The van der Waals surface area contributed by atoms with Crippen LogP contribution in [0.25, 0.3) is 5.57 Å². The zero-order valence-corrected chi connectivity index (χ0v) is 17.8. The third-order valence-electron chi connectivity index (χ3n) is 5.48. The van der Waals surface area contributed by atoms with Crippen molar-refractivity contribution in [3.63, 3.8) is 0 Å². The minimum Gasteiger partial charge on any atom is -0.457 e. The highest BCUT2D eigenvalue weighted by atomic mass is 32.2. The number of nitrogens with zero attached hydrogens (tertiary/aromatic N) is 1. The molecule has 1 saturated heterocycles. The summed E-state index contributed by atoms with van der Waals surface area (Å²) in [6.07, 6.45) is 2.66. The number of carbonyl (C=O) groups excluding carboxylic acids is 1. The first-order chi connectivity index (χ1) is 14.4. The second-order valence-corrected chi connectivity index (χ2v) is 9.50. The van der Waals surface area contributed by atoms with E-state index in [1.54, 1.807) is 37.1 Å². The molecule has 2 unspecified atom stereocenters. The fourth-order valence-electron chi connectivity index (χ4n) is 3.93. The predicted octanol–water partition coefficient (Wildman–Crippen LogP) is 3.03. The maximum absolute atomic E-state index is 12.5. The molecule has 2 aromatic carbocycles. The van der Waals surface area contributed by atoms with Crippen LogP contribution < -0.4 is 14.8 Å². The Morgan fingerprint density at radius 3 is 2.70 bits per heavy atom. The van der Waals surface area contributed by atoms with Crippen LogP contribution in [-0.4, -0.2) is 44.6 Å². The summed E-state index contributed by atoms with van der Waals surface area (Å²) in [7, 11) is -1.68. The number of amides is 1. The molecule has 30 heavy (non-hydrogen) atoms. The number of sulfonamides is 1. The highest BCUT2D eigenvalue weighted by molar-refractivity contribution is 7.92. The van der Waals surface area contributed by atoms with Crippen LogP contribution >= 0.6 is 0 Å². The number of rotatable bonds is 6. The number of fused-ring (bicyclic) bond motifs is 1. The summed E-state index contributed by atoms with van der Waals surface area (Å²) in [5, 5.41) is 3.29. The van der Waals surface area contributed by atoms with Crippen molar-refractivity contribution in [1.29, 1.82) is 0 Å². The third-order valence-corrected chi connectivity index (χ3v) is 6.79. The molecule has 2 aliphatic rings. The van der Waals surface area contributed by atoms with E-state index in [0.717, 1.165) is 24.1 Å². The molecule has 4 rings (SSSR count). The van der Waals surface area contributed by atoms with Gasteiger partial charge in [0.25, 0.3) is 0 Å². The van der Waals surface area contributed by atoms with Gasteiger partial charge in [-0.3, -0.25) is 9.52 Å². The summed E-state index contributed by atoms with van der Waals surface area (Å²) in [5.41, 5.74) is 2.19. The van der Waals surface area contributed by atoms with Gasteiger partial charge in [0.1, 0.15) is 11.5 Å². The van der Waals surface area contributed by atoms with Crippen LogP contribution in [0.4, 0.5) is 5.69 Å². The van der Waals surface area contributed by atoms with Gasteiger partial charge in [0, 0.05) is 30.4 Å². The van der Waals surface area contributed by atoms with E-state index in [1.165, 1.54) is 0 Å². The number of hydrogen-bond acceptors (Lipinski definition) is 5. The predicted molar refractivity (Wildman–Crippen MR) is 117 cm³/mol. The largest absolute Gasteiger partial charge is 0.457 e. The molecule has 0 aliphatic carbocycles. The Bertz CT molecular complexity index is 1080. The first-order valence-electron chi connectivity index (χ1n) is 9.97. The highest BCUT2D eigenvalue weighted by Crippen LogP contribution is 2.42. The second kappa shape index (κ2) is 8.12. The molecule has 0 radical (unpaired) electrons. The van der Waals surface area contributed by atoms with Gasteiger partial charge in [-0.25, -0.2) is 8.42 Å². The Kier molecular flexibility index (Phi) is 5.53. The number of ether oxygens (including phenoxy) is 1. The van der Waals surface area contributed by atoms with Gasteiger partial charge in [-0.15, -0.1) is 0 Å². The van der Waals surface area contributed by atoms with Crippen molar-refractivity contribution < 1.29 is 17.9 Å². The molecule has 158 valence electrons. The first-order valence-corrected chi connectivity index (χ1v) is 11.6. The van der Waals surface area contributed by atoms with Crippen LogP contribution in [0.15, 0.2) is 54.7 Å². The van der Waals surface area contributed by atoms with Gasteiger partial charge < -0.3 is 15.0 Å². The van der Waals surface area contributed by atoms with E-state index in [9.17, 15) is 13.2 Å². The molecule has 2 N–H and O–H groups in total. The molecule has 2 atom stereocenters. The zero-order valence-electron chi connectivity index (χ0n) is 17.0. The SMILES string of the molecule is CCS(=O)(=O)Nc1ccc(Oc2ccccc2)c(C2=CN(C)C(=O)C3NCCC23)c1. The van der Waals surface area contributed by atoms with Crippen molar-refractivity contribution in [2.75, 3.05) is 24.1 Å². The Balaban J connectivity index is 1.80. The smallest absolute Gasteiger partial charge is 0.244 e. The van der Waals surface area contributed by atoms with E-state index in [0.29, 0.717) is 17.2 Å². The van der Waals surface area contributed by atoms with Crippen molar-refractivity contribution >= 4 is 27.2 Å². The summed E-state index contributed by atoms with van der Waals surface area (Å²) in [6.45, 7) is 2.35. The van der Waals surface area contributed by atoms with Crippen molar-refractivity contribution in [3.05, 3.63) is 60.3 Å². The van der Waals surface area contributed by atoms with E-state index in [1.807, 2.05) is 36.5 Å². The van der Waals surface area contributed by atoms with Crippen molar-refractivity contribution in [2.45, 2.75) is 19.4 Å². The lowest BCUT2D eigenvalue weighted by Gasteiger charge is -2.32. The average molecular weight is 428 g/mol. The molecule has 0 bridgehead atoms. The minimum absolute atomic E-state index is 0.00450. The standard InChI is InChI=1S/C22H25N3O4S/c1-3-30(27,28)24-15-9-10-20(29-16-7-5-4-6-8-16)18(13-15)19-14-25(2)22(26)21-17(19)11-12-23-21/h4-10,13-14,17,21,23-24H,3,11-12H2,1-2H3. The van der Waals surface area contributed by atoms with Gasteiger partial charge in [0.2, 0.25) is 15.9 Å². The Hall–Kier alpha value is -2.84. The number of benzene rings is 2. The molecule has 0 aromatic heterocycles.